The third-order valence-electron chi connectivity index (χ3n) is 6.96. The number of phenols is 1. The van der Waals surface area contributed by atoms with Crippen LogP contribution in [0.1, 0.15) is 11.1 Å². The van der Waals surface area contributed by atoms with Gasteiger partial charge in [0.2, 0.25) is 0 Å². The van der Waals surface area contributed by atoms with E-state index in [2.05, 4.69) is 25.4 Å². The summed E-state index contributed by atoms with van der Waals surface area (Å²) in [5.41, 5.74) is 4.59. The number of aliphatic imine (C=N–C) groups is 1. The lowest BCUT2D eigenvalue weighted by Gasteiger charge is -2.06. The summed E-state index contributed by atoms with van der Waals surface area (Å²) in [6, 6.07) is 38.1. The van der Waals surface area contributed by atoms with Crippen LogP contribution in [0.3, 0.4) is 0 Å². The molecule has 0 aromatic heterocycles. The highest BCUT2D eigenvalue weighted by atomic mass is 19.4. The van der Waals surface area contributed by atoms with Gasteiger partial charge in [-0.3, -0.25) is 4.99 Å². The molecule has 0 fully saturated rings. The minimum Gasteiger partial charge on any atom is -0.507 e. The van der Waals surface area contributed by atoms with E-state index in [4.69, 9.17) is 0 Å². The van der Waals surface area contributed by atoms with Gasteiger partial charge in [-0.05, 0) is 83.9 Å². The quantitative estimate of drug-likeness (QED) is 0.144. The Morgan fingerprint density at radius 2 is 1.04 bits per heavy atom. The maximum Gasteiger partial charge on any atom is 0.416 e. The second-order valence-corrected chi connectivity index (χ2v) is 10.0. The molecule has 0 aliphatic carbocycles. The summed E-state index contributed by atoms with van der Waals surface area (Å²) in [5, 5.41) is 29.3. The highest BCUT2D eigenvalue weighted by Gasteiger charge is 2.29. The van der Waals surface area contributed by atoms with E-state index in [0.29, 0.717) is 28.3 Å². The molecule has 45 heavy (non-hydrogen) atoms. The van der Waals surface area contributed by atoms with E-state index in [1.54, 1.807) is 36.5 Å². The zero-order valence-electron chi connectivity index (χ0n) is 23.6. The molecule has 6 aromatic rings. The first kappa shape index (κ1) is 29.1. The third kappa shape index (κ3) is 7.00. The van der Waals surface area contributed by atoms with E-state index in [0.717, 1.165) is 39.7 Å². The lowest BCUT2D eigenvalue weighted by molar-refractivity contribution is -0.137. The van der Waals surface area contributed by atoms with Crippen LogP contribution in [0.2, 0.25) is 0 Å². The first-order chi connectivity index (χ1) is 21.8. The van der Waals surface area contributed by atoms with Gasteiger partial charge in [0.1, 0.15) is 5.75 Å². The van der Waals surface area contributed by atoms with Crippen molar-refractivity contribution in [1.29, 1.82) is 0 Å². The Balaban J connectivity index is 1.17. The zero-order valence-corrected chi connectivity index (χ0v) is 23.6. The predicted molar refractivity (Wildman–Crippen MR) is 171 cm³/mol. The normalized spacial score (nSPS) is 12.2. The fraction of sp³-hybridized carbons (Fsp3) is 0.0278. The second-order valence-electron chi connectivity index (χ2n) is 10.0. The fourth-order valence-corrected chi connectivity index (χ4v) is 4.60. The molecule has 0 bridgehead atoms. The molecule has 6 aromatic carbocycles. The molecule has 0 aliphatic rings. The van der Waals surface area contributed by atoms with E-state index < -0.39 is 11.7 Å². The Bertz CT molecular complexity index is 2040. The monoisotopic (exact) mass is 599 g/mol. The van der Waals surface area contributed by atoms with Gasteiger partial charge < -0.3 is 5.11 Å². The molecule has 0 saturated heterocycles. The van der Waals surface area contributed by atoms with Crippen molar-refractivity contribution in [2.24, 2.45) is 25.4 Å². The summed E-state index contributed by atoms with van der Waals surface area (Å²) < 4.78 is 38.2. The molecule has 9 heteroatoms. The van der Waals surface area contributed by atoms with Crippen molar-refractivity contribution in [1.82, 2.24) is 0 Å². The molecule has 0 spiro atoms. The number of aromatic hydroxyl groups is 1. The number of hydrogen-bond acceptors (Lipinski definition) is 6. The number of benzene rings is 6. The predicted octanol–water partition coefficient (Wildman–Crippen LogP) is 11.8. The fourth-order valence-electron chi connectivity index (χ4n) is 4.60. The van der Waals surface area contributed by atoms with Gasteiger partial charge in [-0.25, -0.2) is 0 Å². The molecule has 0 aliphatic heterocycles. The highest BCUT2D eigenvalue weighted by Crippen LogP contribution is 2.35. The van der Waals surface area contributed by atoms with E-state index in [-0.39, 0.29) is 5.75 Å². The maximum atomic E-state index is 12.7. The zero-order chi connectivity index (χ0) is 31.2. The number of nitrogens with zero attached hydrogens (tertiary/aromatic N) is 5. The van der Waals surface area contributed by atoms with Crippen molar-refractivity contribution in [3.05, 3.63) is 145 Å². The Hall–Kier alpha value is -5.96. The van der Waals surface area contributed by atoms with E-state index in [1.807, 2.05) is 78.9 Å². The van der Waals surface area contributed by atoms with Crippen LogP contribution in [0.15, 0.2) is 159 Å². The topological polar surface area (TPSA) is 82.0 Å². The van der Waals surface area contributed by atoms with Crippen LogP contribution < -0.4 is 0 Å². The lowest BCUT2D eigenvalue weighted by Crippen LogP contribution is -2.03. The van der Waals surface area contributed by atoms with Gasteiger partial charge in [-0.15, -0.1) is 5.11 Å². The molecular formula is C36H24F3N5O. The molecule has 6 rings (SSSR count). The highest BCUT2D eigenvalue weighted by molar-refractivity contribution is 6.01. The van der Waals surface area contributed by atoms with Crippen LogP contribution in [0.25, 0.3) is 21.9 Å². The molecule has 0 heterocycles. The largest absolute Gasteiger partial charge is 0.507 e. The van der Waals surface area contributed by atoms with Crippen LogP contribution in [-0.4, -0.2) is 11.3 Å². The Morgan fingerprint density at radius 3 is 1.64 bits per heavy atom. The van der Waals surface area contributed by atoms with Crippen LogP contribution >= 0.6 is 0 Å². The van der Waals surface area contributed by atoms with Gasteiger partial charge in [0.25, 0.3) is 0 Å². The third-order valence-corrected chi connectivity index (χ3v) is 6.96. The first-order valence-corrected chi connectivity index (χ1v) is 13.9. The number of hydrogen-bond donors (Lipinski definition) is 1. The molecule has 0 unspecified atom stereocenters. The second kappa shape index (κ2) is 12.7. The Labute approximate surface area is 256 Å². The van der Waals surface area contributed by atoms with Crippen molar-refractivity contribution in [2.75, 3.05) is 0 Å². The number of halogens is 3. The van der Waals surface area contributed by atoms with Crippen LogP contribution in [0.5, 0.6) is 5.75 Å². The molecule has 1 N–H and O–H groups in total. The van der Waals surface area contributed by atoms with Gasteiger partial charge in [0.05, 0.1) is 34.0 Å². The smallest absolute Gasteiger partial charge is 0.416 e. The molecule has 6 nitrogen and oxygen atoms in total. The maximum absolute atomic E-state index is 12.7. The number of alkyl halides is 3. The molecule has 220 valence electrons. The summed E-state index contributed by atoms with van der Waals surface area (Å²) in [7, 11) is 0. The summed E-state index contributed by atoms with van der Waals surface area (Å²) in [6.45, 7) is 0. The van der Waals surface area contributed by atoms with Crippen molar-refractivity contribution in [3.63, 3.8) is 0 Å². The molecule has 0 radical (unpaired) electrons. The summed E-state index contributed by atoms with van der Waals surface area (Å²) >= 11 is 0. The molecule has 0 atom stereocenters. The summed E-state index contributed by atoms with van der Waals surface area (Å²) in [5.74, 6) is 0.141. The van der Waals surface area contributed by atoms with E-state index >= 15 is 0 Å². The van der Waals surface area contributed by atoms with Crippen molar-refractivity contribution in [2.45, 2.75) is 6.18 Å². The van der Waals surface area contributed by atoms with Gasteiger partial charge in [0.15, 0.2) is 0 Å². The van der Waals surface area contributed by atoms with Gasteiger partial charge in [-0.1, -0.05) is 60.7 Å². The Morgan fingerprint density at radius 1 is 0.511 bits per heavy atom. The number of rotatable bonds is 7. The van der Waals surface area contributed by atoms with Crippen molar-refractivity contribution in [3.8, 4) is 16.9 Å². The average Bonchev–Trinajstić information content (AvgIpc) is 3.07. The van der Waals surface area contributed by atoms with Gasteiger partial charge in [-0.2, -0.15) is 28.5 Å². The van der Waals surface area contributed by atoms with Gasteiger partial charge >= 0.3 is 6.18 Å². The van der Waals surface area contributed by atoms with E-state index in [1.165, 1.54) is 12.1 Å². The standard InChI is InChI=1S/C36H24F3N5O/c37-36(38,39)27-12-14-28(15-13-27)41-42-29-16-18-30(19-17-29)43-44-34-21-20-33(31-8-4-5-9-32(31)34)40-23-26-11-10-25(22-35(26)45)24-6-2-1-3-7-24/h1-23,45H. The van der Waals surface area contributed by atoms with Crippen LogP contribution in [0, 0.1) is 0 Å². The molecule has 0 amide bonds. The molecular weight excluding hydrogens is 575 g/mol. The van der Waals surface area contributed by atoms with Crippen molar-refractivity contribution >= 4 is 45.4 Å². The number of fused-ring (bicyclic) bond motifs is 1. The average molecular weight is 600 g/mol. The van der Waals surface area contributed by atoms with Gasteiger partial charge in [0, 0.05) is 22.6 Å². The molecule has 0 saturated carbocycles. The number of phenolic OH excluding ortho intramolecular Hbond substituents is 1. The van der Waals surface area contributed by atoms with Crippen LogP contribution in [0.4, 0.5) is 41.6 Å². The minimum absolute atomic E-state index is 0.141. The van der Waals surface area contributed by atoms with Crippen molar-refractivity contribution < 1.29 is 18.3 Å². The lowest BCUT2D eigenvalue weighted by atomic mass is 10.0. The van der Waals surface area contributed by atoms with Crippen LogP contribution in [-0.2, 0) is 6.18 Å². The van der Waals surface area contributed by atoms with E-state index in [9.17, 15) is 18.3 Å². The minimum atomic E-state index is -4.40. The number of azo groups is 2. The Kier molecular flexibility index (Phi) is 8.24. The summed E-state index contributed by atoms with van der Waals surface area (Å²) in [4.78, 5) is 4.66. The summed E-state index contributed by atoms with van der Waals surface area (Å²) in [6.07, 6.45) is -2.76. The first-order valence-electron chi connectivity index (χ1n) is 13.9. The SMILES string of the molecule is Oc1cc(-c2ccccc2)ccc1C=Nc1ccc(N=Nc2ccc(N=Nc3ccc(C(F)(F)F)cc3)cc2)c2ccccc12.